The van der Waals surface area contributed by atoms with Gasteiger partial charge in [0.05, 0.1) is 25.8 Å². The van der Waals surface area contributed by atoms with Crippen LogP contribution in [0, 0.1) is 0 Å². The smallest absolute Gasteiger partial charge is 0.317 e. The first kappa shape index (κ1) is 17.6. The van der Waals surface area contributed by atoms with Crippen molar-refractivity contribution in [3.8, 4) is 5.75 Å². The number of rotatable bonds is 8. The highest BCUT2D eigenvalue weighted by Crippen LogP contribution is 2.15. The van der Waals surface area contributed by atoms with Crippen molar-refractivity contribution in [1.82, 2.24) is 10.2 Å². The largest absolute Gasteiger partial charge is 0.492 e. The predicted molar refractivity (Wildman–Crippen MR) is 80.9 cm³/mol. The number of likely N-dealkylation sites (N-methyl/N-ethyl adjacent to an activating group) is 1. The van der Waals surface area contributed by atoms with Crippen LogP contribution in [0.15, 0.2) is 24.3 Å². The number of carbonyl (C=O) groups is 1. The van der Waals surface area contributed by atoms with Crippen LogP contribution in [0.2, 0.25) is 5.02 Å². The van der Waals surface area contributed by atoms with Gasteiger partial charge in [0.2, 0.25) is 0 Å². The molecule has 0 aliphatic heterocycles. The average molecular weight is 317 g/mol. The number of benzene rings is 1. The SMILES string of the molecule is COCC(O)CN(C)C(=O)NCCOc1ccc(Cl)cc1. The van der Waals surface area contributed by atoms with E-state index in [9.17, 15) is 9.90 Å². The number of methoxy groups -OCH3 is 1. The molecule has 1 rings (SSSR count). The van der Waals surface area contributed by atoms with Crippen LogP contribution >= 0.6 is 11.6 Å². The lowest BCUT2D eigenvalue weighted by molar-refractivity contribution is 0.0489. The molecule has 0 radical (unpaired) electrons. The minimum Gasteiger partial charge on any atom is -0.492 e. The maximum Gasteiger partial charge on any atom is 0.317 e. The highest BCUT2D eigenvalue weighted by molar-refractivity contribution is 6.30. The maximum atomic E-state index is 11.7. The van der Waals surface area contributed by atoms with Gasteiger partial charge in [-0.25, -0.2) is 4.79 Å². The molecule has 0 saturated carbocycles. The summed E-state index contributed by atoms with van der Waals surface area (Å²) in [6, 6.07) is 6.72. The Hall–Kier alpha value is -1.50. The molecule has 0 saturated heterocycles. The minimum atomic E-state index is -0.698. The van der Waals surface area contributed by atoms with Crippen LogP contribution in [-0.4, -0.2) is 62.6 Å². The van der Waals surface area contributed by atoms with Gasteiger partial charge in [0.25, 0.3) is 0 Å². The second-order valence-corrected chi connectivity index (χ2v) is 4.96. The normalized spacial score (nSPS) is 11.8. The van der Waals surface area contributed by atoms with E-state index >= 15 is 0 Å². The Morgan fingerprint density at radius 1 is 1.43 bits per heavy atom. The van der Waals surface area contributed by atoms with Crippen molar-refractivity contribution < 1.29 is 19.4 Å². The Morgan fingerprint density at radius 3 is 2.71 bits per heavy atom. The third kappa shape index (κ3) is 7.17. The molecule has 0 fully saturated rings. The molecule has 1 aromatic rings. The fraction of sp³-hybridized carbons (Fsp3) is 0.500. The standard InChI is InChI=1S/C14H21ClN2O4/c1-17(9-12(18)10-20-2)14(19)16-7-8-21-13-5-3-11(15)4-6-13/h3-6,12,18H,7-10H2,1-2H3,(H,16,19). The zero-order valence-electron chi connectivity index (χ0n) is 12.2. The Balaban J connectivity index is 2.19. The van der Waals surface area contributed by atoms with Crippen LogP contribution in [0.1, 0.15) is 0 Å². The number of aliphatic hydroxyl groups is 1. The topological polar surface area (TPSA) is 71.0 Å². The fourth-order valence-electron chi connectivity index (χ4n) is 1.64. The van der Waals surface area contributed by atoms with Gasteiger partial charge in [0.1, 0.15) is 12.4 Å². The molecular weight excluding hydrogens is 296 g/mol. The molecule has 0 aliphatic carbocycles. The van der Waals surface area contributed by atoms with E-state index < -0.39 is 6.10 Å². The van der Waals surface area contributed by atoms with Crippen LogP contribution in [0.4, 0.5) is 4.79 Å². The van der Waals surface area contributed by atoms with Gasteiger partial charge in [-0.1, -0.05) is 11.6 Å². The summed E-state index contributed by atoms with van der Waals surface area (Å²) in [5.41, 5.74) is 0. The van der Waals surface area contributed by atoms with E-state index in [0.717, 1.165) is 0 Å². The lowest BCUT2D eigenvalue weighted by Crippen LogP contribution is -2.43. The molecule has 1 atom stereocenters. The highest BCUT2D eigenvalue weighted by Gasteiger charge is 2.12. The second kappa shape index (κ2) is 9.44. The van der Waals surface area contributed by atoms with Gasteiger partial charge < -0.3 is 24.8 Å². The summed E-state index contributed by atoms with van der Waals surface area (Å²) in [4.78, 5) is 13.1. The average Bonchev–Trinajstić information content (AvgIpc) is 2.45. The summed E-state index contributed by atoms with van der Waals surface area (Å²) in [5.74, 6) is 0.692. The third-order valence-electron chi connectivity index (χ3n) is 2.65. The molecule has 2 N–H and O–H groups in total. The zero-order valence-corrected chi connectivity index (χ0v) is 13.0. The number of amides is 2. The number of hydrogen-bond donors (Lipinski definition) is 2. The first-order valence-corrected chi connectivity index (χ1v) is 6.95. The van der Waals surface area contributed by atoms with Gasteiger partial charge in [0, 0.05) is 19.2 Å². The summed E-state index contributed by atoms with van der Waals surface area (Å²) < 4.78 is 10.3. The number of nitrogens with one attached hydrogen (secondary N) is 1. The Bertz CT molecular complexity index is 427. The van der Waals surface area contributed by atoms with Crippen molar-refractivity contribution in [3.05, 3.63) is 29.3 Å². The van der Waals surface area contributed by atoms with Gasteiger partial charge in [-0.15, -0.1) is 0 Å². The summed E-state index contributed by atoms with van der Waals surface area (Å²) in [5, 5.41) is 12.9. The lowest BCUT2D eigenvalue weighted by Gasteiger charge is -2.20. The number of aliphatic hydroxyl groups excluding tert-OH is 1. The predicted octanol–water partition coefficient (Wildman–Crippen LogP) is 1.37. The van der Waals surface area contributed by atoms with Crippen LogP contribution < -0.4 is 10.1 Å². The van der Waals surface area contributed by atoms with Crippen LogP contribution in [0.25, 0.3) is 0 Å². The summed E-state index contributed by atoms with van der Waals surface area (Å²) in [6.45, 7) is 1.11. The first-order valence-electron chi connectivity index (χ1n) is 6.57. The third-order valence-corrected chi connectivity index (χ3v) is 2.90. The molecule has 118 valence electrons. The summed E-state index contributed by atoms with van der Waals surface area (Å²) >= 11 is 5.77. The number of ether oxygens (including phenoxy) is 2. The number of carbonyl (C=O) groups excluding carboxylic acids is 1. The fourth-order valence-corrected chi connectivity index (χ4v) is 1.76. The van der Waals surface area contributed by atoms with E-state index in [-0.39, 0.29) is 19.2 Å². The Labute approximate surface area is 129 Å². The number of urea groups is 1. The Kier molecular flexibility index (Phi) is 7.89. The molecule has 2 amide bonds. The number of halogens is 1. The van der Waals surface area contributed by atoms with Crippen molar-refractivity contribution >= 4 is 17.6 Å². The molecule has 1 unspecified atom stereocenters. The van der Waals surface area contributed by atoms with Crippen LogP contribution in [0.5, 0.6) is 5.75 Å². The van der Waals surface area contributed by atoms with E-state index in [1.165, 1.54) is 12.0 Å². The van der Waals surface area contributed by atoms with Crippen molar-refractivity contribution in [3.63, 3.8) is 0 Å². The van der Waals surface area contributed by atoms with Crippen molar-refractivity contribution in [1.29, 1.82) is 0 Å². The molecule has 0 aliphatic rings. The molecular formula is C14H21ClN2O4. The molecule has 0 bridgehead atoms. The molecule has 0 aromatic heterocycles. The maximum absolute atomic E-state index is 11.7. The van der Waals surface area contributed by atoms with Gasteiger partial charge >= 0.3 is 6.03 Å². The quantitative estimate of drug-likeness (QED) is 0.711. The van der Waals surface area contributed by atoms with E-state index in [4.69, 9.17) is 21.1 Å². The van der Waals surface area contributed by atoms with Crippen molar-refractivity contribution in [2.75, 3.05) is 40.5 Å². The first-order chi connectivity index (χ1) is 10.0. The number of nitrogens with zero attached hydrogens (tertiary/aromatic N) is 1. The molecule has 0 spiro atoms. The monoisotopic (exact) mass is 316 g/mol. The summed E-state index contributed by atoms with van der Waals surface area (Å²) in [6.07, 6.45) is -0.698. The van der Waals surface area contributed by atoms with E-state index in [2.05, 4.69) is 5.32 Å². The van der Waals surface area contributed by atoms with Crippen molar-refractivity contribution in [2.24, 2.45) is 0 Å². The zero-order chi connectivity index (χ0) is 15.7. The molecule has 7 heteroatoms. The highest BCUT2D eigenvalue weighted by atomic mass is 35.5. The van der Waals surface area contributed by atoms with E-state index in [1.807, 2.05) is 0 Å². The van der Waals surface area contributed by atoms with Gasteiger partial charge in [-0.3, -0.25) is 0 Å². The van der Waals surface area contributed by atoms with Gasteiger partial charge in [0.15, 0.2) is 0 Å². The van der Waals surface area contributed by atoms with E-state index in [1.54, 1.807) is 31.3 Å². The lowest BCUT2D eigenvalue weighted by atomic mass is 10.3. The second-order valence-electron chi connectivity index (χ2n) is 4.52. The summed E-state index contributed by atoms with van der Waals surface area (Å²) in [7, 11) is 3.10. The Morgan fingerprint density at radius 2 is 2.10 bits per heavy atom. The molecule has 0 heterocycles. The van der Waals surface area contributed by atoms with Crippen molar-refractivity contribution in [2.45, 2.75) is 6.10 Å². The minimum absolute atomic E-state index is 0.192. The van der Waals surface area contributed by atoms with Crippen LogP contribution in [0.3, 0.4) is 0 Å². The van der Waals surface area contributed by atoms with Gasteiger partial charge in [-0.05, 0) is 24.3 Å². The molecule has 1 aromatic carbocycles. The van der Waals surface area contributed by atoms with Gasteiger partial charge in [-0.2, -0.15) is 0 Å². The van der Waals surface area contributed by atoms with E-state index in [0.29, 0.717) is 23.9 Å². The van der Waals surface area contributed by atoms with Crippen LogP contribution in [-0.2, 0) is 4.74 Å². The molecule has 21 heavy (non-hydrogen) atoms. The molecule has 6 nitrogen and oxygen atoms in total. The number of hydrogen-bond acceptors (Lipinski definition) is 4.